The molecule has 1 fully saturated rings. The van der Waals surface area contributed by atoms with Crippen LogP contribution < -0.4 is 5.32 Å². The van der Waals surface area contributed by atoms with Crippen molar-refractivity contribution < 1.29 is 4.21 Å². The van der Waals surface area contributed by atoms with E-state index < -0.39 is 10.8 Å². The first kappa shape index (κ1) is 8.34. The number of thiazole rings is 1. The van der Waals surface area contributed by atoms with Crippen LogP contribution in [0.1, 0.15) is 6.42 Å². The highest BCUT2D eigenvalue weighted by molar-refractivity contribution is 7.87. The Bertz CT molecular complexity index is 267. The number of nitrogens with zero attached hydrogens (tertiary/aromatic N) is 1. The lowest BCUT2D eigenvalue weighted by Gasteiger charge is -2.03. The molecule has 12 heavy (non-hydrogen) atoms. The Morgan fingerprint density at radius 1 is 1.75 bits per heavy atom. The summed E-state index contributed by atoms with van der Waals surface area (Å²) in [6, 6.07) is 0. The fraction of sp³-hybridized carbons (Fsp3) is 0.571. The van der Waals surface area contributed by atoms with Crippen molar-refractivity contribution in [2.75, 3.05) is 13.1 Å². The fourth-order valence-electron chi connectivity index (χ4n) is 1.26. The molecule has 1 saturated heterocycles. The summed E-state index contributed by atoms with van der Waals surface area (Å²) in [5.74, 6) is 0. The standard InChI is InChI=1S/C7H10N2OS2/c10-12(6-1-2-8-5-6)7-9-3-4-11-7/h3-4,6,8H,1-2,5H2/t6-,12-/m0/s1. The van der Waals surface area contributed by atoms with Crippen molar-refractivity contribution in [2.24, 2.45) is 0 Å². The minimum Gasteiger partial charge on any atom is -0.315 e. The molecule has 2 rings (SSSR count). The van der Waals surface area contributed by atoms with E-state index in [2.05, 4.69) is 10.3 Å². The van der Waals surface area contributed by atoms with Crippen LogP contribution in [0.5, 0.6) is 0 Å². The molecule has 0 aromatic carbocycles. The highest BCUT2D eigenvalue weighted by atomic mass is 32.2. The minimum absolute atomic E-state index is 0.274. The molecule has 0 amide bonds. The molecular weight excluding hydrogens is 192 g/mol. The van der Waals surface area contributed by atoms with Crippen molar-refractivity contribution in [3.63, 3.8) is 0 Å². The summed E-state index contributed by atoms with van der Waals surface area (Å²) < 4.78 is 12.5. The summed E-state index contributed by atoms with van der Waals surface area (Å²) in [7, 11) is -0.883. The van der Waals surface area contributed by atoms with Gasteiger partial charge in [0.2, 0.25) is 0 Å². The Labute approximate surface area is 77.7 Å². The van der Waals surface area contributed by atoms with Gasteiger partial charge in [-0.05, 0) is 13.0 Å². The van der Waals surface area contributed by atoms with Crippen LogP contribution in [0.3, 0.4) is 0 Å². The van der Waals surface area contributed by atoms with Gasteiger partial charge >= 0.3 is 0 Å². The monoisotopic (exact) mass is 202 g/mol. The molecule has 1 aromatic heterocycles. The van der Waals surface area contributed by atoms with Gasteiger partial charge in [0.15, 0.2) is 4.34 Å². The molecular formula is C7H10N2OS2. The smallest absolute Gasteiger partial charge is 0.180 e. The van der Waals surface area contributed by atoms with Gasteiger partial charge in [-0.1, -0.05) is 0 Å². The zero-order valence-corrected chi connectivity index (χ0v) is 8.16. The summed E-state index contributed by atoms with van der Waals surface area (Å²) in [5.41, 5.74) is 0. The second kappa shape index (κ2) is 3.64. The predicted octanol–water partition coefficient (Wildman–Crippen LogP) is 0.613. The van der Waals surface area contributed by atoms with Crippen molar-refractivity contribution in [3.05, 3.63) is 11.6 Å². The Hall–Kier alpha value is -0.260. The molecule has 0 spiro atoms. The van der Waals surface area contributed by atoms with Crippen molar-refractivity contribution in [1.29, 1.82) is 0 Å². The summed E-state index contributed by atoms with van der Waals surface area (Å²) in [6.45, 7) is 1.86. The quantitative estimate of drug-likeness (QED) is 0.764. The van der Waals surface area contributed by atoms with Gasteiger partial charge in [-0.25, -0.2) is 4.98 Å². The molecule has 0 bridgehead atoms. The Balaban J connectivity index is 2.09. The van der Waals surface area contributed by atoms with Crippen LogP contribution in [-0.4, -0.2) is 27.5 Å². The van der Waals surface area contributed by atoms with Crippen molar-refractivity contribution in [1.82, 2.24) is 10.3 Å². The minimum atomic E-state index is -0.883. The van der Waals surface area contributed by atoms with E-state index in [0.717, 1.165) is 23.8 Å². The van der Waals surface area contributed by atoms with Gasteiger partial charge in [-0.3, -0.25) is 4.21 Å². The van der Waals surface area contributed by atoms with E-state index in [0.29, 0.717) is 0 Å². The molecule has 0 aliphatic carbocycles. The third-order valence-corrected chi connectivity index (χ3v) is 4.70. The zero-order valence-electron chi connectivity index (χ0n) is 6.53. The van der Waals surface area contributed by atoms with E-state index in [9.17, 15) is 4.21 Å². The van der Waals surface area contributed by atoms with Gasteiger partial charge in [-0.15, -0.1) is 11.3 Å². The molecule has 0 unspecified atom stereocenters. The van der Waals surface area contributed by atoms with Crippen LogP contribution in [0.15, 0.2) is 15.9 Å². The van der Waals surface area contributed by atoms with Crippen LogP contribution in [0, 0.1) is 0 Å². The SMILES string of the molecule is O=[S@](c1nccs1)[C@H]1CCNC1. The summed E-state index contributed by atoms with van der Waals surface area (Å²) in [4.78, 5) is 4.05. The number of hydrogen-bond acceptors (Lipinski definition) is 4. The summed E-state index contributed by atoms with van der Waals surface area (Å²) >= 11 is 1.48. The maximum Gasteiger partial charge on any atom is 0.180 e. The number of rotatable bonds is 2. The van der Waals surface area contributed by atoms with Crippen LogP contribution in [0.2, 0.25) is 0 Å². The Morgan fingerprint density at radius 2 is 2.67 bits per heavy atom. The molecule has 5 heteroatoms. The number of hydrogen-bond donors (Lipinski definition) is 1. The maximum atomic E-state index is 11.7. The average molecular weight is 202 g/mol. The predicted molar refractivity (Wildman–Crippen MR) is 49.8 cm³/mol. The van der Waals surface area contributed by atoms with Crippen molar-refractivity contribution >= 4 is 22.1 Å². The molecule has 1 N–H and O–H groups in total. The third-order valence-electron chi connectivity index (χ3n) is 1.90. The number of aromatic nitrogens is 1. The third kappa shape index (κ3) is 1.57. The van der Waals surface area contributed by atoms with Gasteiger partial charge in [0.25, 0.3) is 0 Å². The van der Waals surface area contributed by atoms with E-state index in [-0.39, 0.29) is 5.25 Å². The van der Waals surface area contributed by atoms with Gasteiger partial charge in [0.1, 0.15) is 0 Å². The lowest BCUT2D eigenvalue weighted by molar-refractivity contribution is 0.671. The van der Waals surface area contributed by atoms with E-state index >= 15 is 0 Å². The van der Waals surface area contributed by atoms with Crippen LogP contribution in [-0.2, 0) is 10.8 Å². The van der Waals surface area contributed by atoms with E-state index in [1.54, 1.807) is 6.20 Å². The zero-order chi connectivity index (χ0) is 8.39. The van der Waals surface area contributed by atoms with Crippen LogP contribution >= 0.6 is 11.3 Å². The average Bonchev–Trinajstić information content (AvgIpc) is 2.77. The maximum absolute atomic E-state index is 11.7. The largest absolute Gasteiger partial charge is 0.315 e. The molecule has 0 saturated carbocycles. The highest BCUT2D eigenvalue weighted by Crippen LogP contribution is 2.17. The number of nitrogens with one attached hydrogen (secondary N) is 1. The van der Waals surface area contributed by atoms with E-state index in [1.165, 1.54) is 11.3 Å². The normalized spacial score (nSPS) is 25.8. The van der Waals surface area contributed by atoms with Crippen LogP contribution in [0.4, 0.5) is 0 Å². The molecule has 1 aliphatic heterocycles. The topological polar surface area (TPSA) is 42.0 Å². The second-order valence-corrected chi connectivity index (χ2v) is 5.51. The second-order valence-electron chi connectivity index (χ2n) is 2.71. The van der Waals surface area contributed by atoms with Gasteiger partial charge < -0.3 is 5.32 Å². The Morgan fingerprint density at radius 3 is 3.25 bits per heavy atom. The van der Waals surface area contributed by atoms with Gasteiger partial charge in [0.05, 0.1) is 16.0 Å². The first-order chi connectivity index (χ1) is 5.88. The lowest BCUT2D eigenvalue weighted by Crippen LogP contribution is -2.18. The summed E-state index contributed by atoms with van der Waals surface area (Å²) in [5, 5.41) is 5.34. The molecule has 2 atom stereocenters. The van der Waals surface area contributed by atoms with E-state index in [1.807, 2.05) is 5.38 Å². The van der Waals surface area contributed by atoms with Crippen molar-refractivity contribution in [3.8, 4) is 0 Å². The van der Waals surface area contributed by atoms with Crippen molar-refractivity contribution in [2.45, 2.75) is 16.0 Å². The molecule has 66 valence electrons. The molecule has 2 heterocycles. The van der Waals surface area contributed by atoms with Crippen LogP contribution in [0.25, 0.3) is 0 Å². The first-order valence-electron chi connectivity index (χ1n) is 3.89. The molecule has 1 aliphatic rings. The fourth-order valence-corrected chi connectivity index (χ4v) is 3.63. The Kier molecular flexibility index (Phi) is 2.53. The van der Waals surface area contributed by atoms with E-state index in [4.69, 9.17) is 0 Å². The van der Waals surface area contributed by atoms with Gasteiger partial charge in [0, 0.05) is 18.1 Å². The molecule has 0 radical (unpaired) electrons. The lowest BCUT2D eigenvalue weighted by atomic mass is 10.4. The first-order valence-corrected chi connectivity index (χ1v) is 5.98. The summed E-state index contributed by atoms with van der Waals surface area (Å²) in [6.07, 6.45) is 2.71. The molecule has 3 nitrogen and oxygen atoms in total. The molecule has 1 aromatic rings. The highest BCUT2D eigenvalue weighted by Gasteiger charge is 2.23. The van der Waals surface area contributed by atoms with Gasteiger partial charge in [-0.2, -0.15) is 0 Å².